The summed E-state index contributed by atoms with van der Waals surface area (Å²) >= 11 is 0. The maximum Gasteiger partial charge on any atom is 0.329 e. The van der Waals surface area contributed by atoms with E-state index in [2.05, 4.69) is 21.2 Å². The summed E-state index contributed by atoms with van der Waals surface area (Å²) in [6.07, 6.45) is 2.81. The molecule has 1 heterocycles. The molecule has 0 fully saturated rings. The van der Waals surface area contributed by atoms with E-state index in [0.717, 1.165) is 16.8 Å². The molecular formula is C25H26N4O6. The molecule has 3 amide bonds. The third kappa shape index (κ3) is 7.19. The first kappa shape index (κ1) is 25.0. The highest BCUT2D eigenvalue weighted by molar-refractivity contribution is 6.35. The molecule has 0 aliphatic carbocycles. The number of para-hydroxylation sites is 1. The van der Waals surface area contributed by atoms with Gasteiger partial charge >= 0.3 is 11.8 Å². The van der Waals surface area contributed by atoms with Crippen molar-refractivity contribution in [1.29, 1.82) is 0 Å². The van der Waals surface area contributed by atoms with Crippen LogP contribution in [0.25, 0.3) is 0 Å². The molecule has 0 atom stereocenters. The Bertz CT molecular complexity index is 1200. The van der Waals surface area contributed by atoms with Crippen LogP contribution >= 0.6 is 0 Å². The van der Waals surface area contributed by atoms with Crippen molar-refractivity contribution in [1.82, 2.24) is 10.7 Å². The Morgan fingerprint density at radius 1 is 1.00 bits per heavy atom. The van der Waals surface area contributed by atoms with Crippen LogP contribution in [0.1, 0.15) is 22.5 Å². The lowest BCUT2D eigenvalue weighted by atomic mass is 10.1. The van der Waals surface area contributed by atoms with Crippen LogP contribution < -0.4 is 25.5 Å². The number of nitrogens with one attached hydrogen (secondary N) is 3. The zero-order valence-electron chi connectivity index (χ0n) is 19.6. The molecule has 0 saturated heterocycles. The molecule has 3 N–H and O–H groups in total. The van der Waals surface area contributed by atoms with E-state index in [1.165, 1.54) is 19.6 Å². The molecule has 0 bridgehead atoms. The van der Waals surface area contributed by atoms with Gasteiger partial charge in [0.25, 0.3) is 5.91 Å². The number of hydrogen-bond donors (Lipinski definition) is 3. The Labute approximate surface area is 202 Å². The summed E-state index contributed by atoms with van der Waals surface area (Å²) in [7, 11) is 1.46. The number of methoxy groups -OCH3 is 1. The summed E-state index contributed by atoms with van der Waals surface area (Å²) < 4.78 is 16.0. The van der Waals surface area contributed by atoms with Crippen molar-refractivity contribution in [2.75, 3.05) is 19.0 Å². The Morgan fingerprint density at radius 2 is 1.77 bits per heavy atom. The van der Waals surface area contributed by atoms with Gasteiger partial charge in [0.05, 0.1) is 26.1 Å². The van der Waals surface area contributed by atoms with Crippen molar-refractivity contribution in [2.24, 2.45) is 5.10 Å². The fourth-order valence-electron chi connectivity index (χ4n) is 3.09. The second kappa shape index (κ2) is 12.0. The second-order valence-corrected chi connectivity index (χ2v) is 7.48. The average molecular weight is 479 g/mol. The van der Waals surface area contributed by atoms with Gasteiger partial charge in [0.1, 0.15) is 5.76 Å². The quantitative estimate of drug-likeness (QED) is 0.246. The molecule has 182 valence electrons. The molecule has 0 aliphatic heterocycles. The summed E-state index contributed by atoms with van der Waals surface area (Å²) in [6, 6.07) is 14.0. The maximum atomic E-state index is 12.4. The molecule has 0 saturated carbocycles. The van der Waals surface area contributed by atoms with Crippen LogP contribution in [0.5, 0.6) is 11.5 Å². The summed E-state index contributed by atoms with van der Waals surface area (Å²) in [5.41, 5.74) is 5.40. The minimum atomic E-state index is -0.922. The lowest BCUT2D eigenvalue weighted by molar-refractivity contribution is -0.139. The average Bonchev–Trinajstić information content (AvgIpc) is 3.37. The molecule has 10 nitrogen and oxygen atoms in total. The minimum absolute atomic E-state index is 0.0875. The Morgan fingerprint density at radius 3 is 2.46 bits per heavy atom. The SMILES string of the molecule is COc1cc(/C=N\NC(=O)C(=O)NCc2ccco2)ccc1OCC(=O)Nc1c(C)cccc1C. The molecule has 0 radical (unpaired) electrons. The molecule has 3 rings (SSSR count). The van der Waals surface area contributed by atoms with E-state index in [4.69, 9.17) is 13.9 Å². The number of aryl methyl sites for hydroxylation is 2. The monoisotopic (exact) mass is 478 g/mol. The van der Waals surface area contributed by atoms with Crippen molar-refractivity contribution in [3.8, 4) is 11.5 Å². The van der Waals surface area contributed by atoms with Crippen LogP contribution in [-0.4, -0.2) is 37.7 Å². The summed E-state index contributed by atoms with van der Waals surface area (Å²) in [4.78, 5) is 36.0. The topological polar surface area (TPSA) is 131 Å². The van der Waals surface area contributed by atoms with Crippen LogP contribution in [0.15, 0.2) is 64.3 Å². The zero-order valence-corrected chi connectivity index (χ0v) is 19.6. The van der Waals surface area contributed by atoms with E-state index >= 15 is 0 Å². The Balaban J connectivity index is 1.51. The largest absolute Gasteiger partial charge is 0.493 e. The fraction of sp³-hybridized carbons (Fsp3) is 0.200. The number of benzene rings is 2. The van der Waals surface area contributed by atoms with E-state index in [0.29, 0.717) is 22.8 Å². The number of nitrogens with zero attached hydrogens (tertiary/aromatic N) is 1. The molecular weight excluding hydrogens is 452 g/mol. The third-order valence-corrected chi connectivity index (χ3v) is 4.88. The number of carbonyl (C=O) groups excluding carboxylic acids is 3. The molecule has 0 aliphatic rings. The lowest BCUT2D eigenvalue weighted by Gasteiger charge is -2.13. The van der Waals surface area contributed by atoms with Gasteiger partial charge in [-0.1, -0.05) is 18.2 Å². The van der Waals surface area contributed by atoms with Crippen molar-refractivity contribution in [3.05, 3.63) is 77.2 Å². The lowest BCUT2D eigenvalue weighted by Crippen LogP contribution is -2.37. The van der Waals surface area contributed by atoms with Crippen LogP contribution in [-0.2, 0) is 20.9 Å². The predicted molar refractivity (Wildman–Crippen MR) is 129 cm³/mol. The number of hydrazone groups is 1. The third-order valence-electron chi connectivity index (χ3n) is 4.88. The molecule has 2 aromatic carbocycles. The first-order chi connectivity index (χ1) is 16.9. The molecule has 35 heavy (non-hydrogen) atoms. The van der Waals surface area contributed by atoms with E-state index in [1.807, 2.05) is 32.0 Å². The number of rotatable bonds is 9. The fourth-order valence-corrected chi connectivity index (χ4v) is 3.09. The highest BCUT2D eigenvalue weighted by Gasteiger charge is 2.13. The highest BCUT2D eigenvalue weighted by atomic mass is 16.5. The Kier molecular flexibility index (Phi) is 8.60. The number of amides is 3. The van der Waals surface area contributed by atoms with E-state index < -0.39 is 11.8 Å². The number of hydrogen-bond acceptors (Lipinski definition) is 7. The van der Waals surface area contributed by atoms with E-state index in [1.54, 1.807) is 30.3 Å². The van der Waals surface area contributed by atoms with E-state index in [-0.39, 0.29) is 19.1 Å². The van der Waals surface area contributed by atoms with E-state index in [9.17, 15) is 14.4 Å². The maximum absolute atomic E-state index is 12.4. The van der Waals surface area contributed by atoms with Crippen LogP contribution in [0.2, 0.25) is 0 Å². The number of furan rings is 1. The van der Waals surface area contributed by atoms with Gasteiger partial charge < -0.3 is 24.5 Å². The highest BCUT2D eigenvalue weighted by Crippen LogP contribution is 2.27. The minimum Gasteiger partial charge on any atom is -0.493 e. The van der Waals surface area contributed by atoms with Gasteiger partial charge in [-0.3, -0.25) is 14.4 Å². The first-order valence-corrected chi connectivity index (χ1v) is 10.7. The van der Waals surface area contributed by atoms with Crippen molar-refractivity contribution in [3.63, 3.8) is 0 Å². The number of ether oxygens (including phenoxy) is 2. The van der Waals surface area contributed by atoms with Gasteiger partial charge in [-0.25, -0.2) is 5.43 Å². The van der Waals surface area contributed by atoms with Gasteiger partial charge in [0, 0.05) is 5.69 Å². The molecule has 0 unspecified atom stereocenters. The normalized spacial score (nSPS) is 10.6. The molecule has 1 aromatic heterocycles. The van der Waals surface area contributed by atoms with Crippen LogP contribution in [0.4, 0.5) is 5.69 Å². The van der Waals surface area contributed by atoms with Gasteiger partial charge in [0.2, 0.25) is 0 Å². The first-order valence-electron chi connectivity index (χ1n) is 10.7. The summed E-state index contributed by atoms with van der Waals surface area (Å²) in [5, 5.41) is 9.05. The van der Waals surface area contributed by atoms with Gasteiger partial charge in [-0.15, -0.1) is 0 Å². The smallest absolute Gasteiger partial charge is 0.329 e. The zero-order chi connectivity index (χ0) is 25.2. The van der Waals surface area contributed by atoms with Crippen LogP contribution in [0, 0.1) is 13.8 Å². The predicted octanol–water partition coefficient (Wildman–Crippen LogP) is 2.69. The standard InChI is InChI=1S/C25H26N4O6/c1-16-6-4-7-17(2)23(16)28-22(30)15-35-20-10-9-18(12-21(20)33-3)13-27-29-25(32)24(31)26-14-19-8-5-11-34-19/h4-13H,14-15H2,1-3H3,(H,26,31)(H,28,30)(H,29,32)/b27-13-. The summed E-state index contributed by atoms with van der Waals surface area (Å²) in [6.45, 7) is 3.72. The van der Waals surface area contributed by atoms with Crippen molar-refractivity contribution in [2.45, 2.75) is 20.4 Å². The van der Waals surface area contributed by atoms with Crippen molar-refractivity contribution < 1.29 is 28.3 Å². The molecule has 10 heteroatoms. The number of carbonyl (C=O) groups is 3. The number of anilines is 1. The Hall–Kier alpha value is -4.60. The molecule has 3 aromatic rings. The van der Waals surface area contributed by atoms with Gasteiger partial charge in [-0.05, 0) is 60.9 Å². The van der Waals surface area contributed by atoms with Gasteiger partial charge in [-0.2, -0.15) is 5.10 Å². The van der Waals surface area contributed by atoms with Gasteiger partial charge in [0.15, 0.2) is 18.1 Å². The van der Waals surface area contributed by atoms with Crippen LogP contribution in [0.3, 0.4) is 0 Å². The second-order valence-electron chi connectivity index (χ2n) is 7.48. The summed E-state index contributed by atoms with van der Waals surface area (Å²) in [5.74, 6) is -0.817. The van der Waals surface area contributed by atoms with Crippen molar-refractivity contribution >= 4 is 29.6 Å². The molecule has 0 spiro atoms.